The van der Waals surface area contributed by atoms with Gasteiger partial charge in [0.25, 0.3) is 0 Å². The van der Waals surface area contributed by atoms with E-state index in [0.717, 1.165) is 99.7 Å². The van der Waals surface area contributed by atoms with Crippen LogP contribution >= 0.6 is 0 Å². The zero-order chi connectivity index (χ0) is 38.9. The van der Waals surface area contributed by atoms with Crippen LogP contribution in [0.2, 0.25) is 0 Å². The molecular formula is C55H34N4. The van der Waals surface area contributed by atoms with Crippen molar-refractivity contribution in [3.63, 3.8) is 0 Å². The summed E-state index contributed by atoms with van der Waals surface area (Å²) in [5, 5.41) is 8.01. The highest BCUT2D eigenvalue weighted by Gasteiger charge is 2.20. The zero-order valence-corrected chi connectivity index (χ0v) is 31.9. The molecule has 0 aliphatic carbocycles. The number of nitrogens with zero attached hydrogens (tertiary/aromatic N) is 4. The van der Waals surface area contributed by atoms with Gasteiger partial charge in [0.05, 0.1) is 44.7 Å². The number of aromatic nitrogens is 4. The summed E-state index contributed by atoms with van der Waals surface area (Å²) in [4.78, 5) is 15.9. The van der Waals surface area contributed by atoms with Crippen LogP contribution in [0.15, 0.2) is 206 Å². The predicted molar refractivity (Wildman–Crippen MR) is 246 cm³/mol. The first-order valence-corrected chi connectivity index (χ1v) is 20.0. The van der Waals surface area contributed by atoms with Crippen LogP contribution in [0.25, 0.3) is 116 Å². The lowest BCUT2D eigenvalue weighted by Crippen LogP contribution is -1.96. The van der Waals surface area contributed by atoms with E-state index in [2.05, 4.69) is 193 Å². The van der Waals surface area contributed by atoms with E-state index in [4.69, 9.17) is 15.0 Å². The van der Waals surface area contributed by atoms with Crippen molar-refractivity contribution >= 4 is 65.3 Å². The highest BCUT2D eigenvalue weighted by molar-refractivity contribution is 6.23. The van der Waals surface area contributed by atoms with Gasteiger partial charge in [0.1, 0.15) is 0 Å². The van der Waals surface area contributed by atoms with Gasteiger partial charge in [0.2, 0.25) is 0 Å². The summed E-state index contributed by atoms with van der Waals surface area (Å²) in [5.74, 6) is 0. The van der Waals surface area contributed by atoms with E-state index in [-0.39, 0.29) is 0 Å². The van der Waals surface area contributed by atoms with Crippen molar-refractivity contribution in [2.24, 2.45) is 0 Å². The summed E-state index contributed by atoms with van der Waals surface area (Å²) < 4.78 is 2.39. The topological polar surface area (TPSA) is 43.6 Å². The number of para-hydroxylation sites is 1. The molecule has 12 aromatic rings. The number of fused-ring (bicyclic) bond motifs is 10. The third-order valence-corrected chi connectivity index (χ3v) is 11.8. The molecule has 0 saturated heterocycles. The first-order valence-electron chi connectivity index (χ1n) is 20.0. The second kappa shape index (κ2) is 13.3. The van der Waals surface area contributed by atoms with E-state index in [1.54, 1.807) is 0 Å². The Morgan fingerprint density at radius 1 is 0.305 bits per heavy atom. The molecule has 0 fully saturated rings. The van der Waals surface area contributed by atoms with Crippen molar-refractivity contribution in [1.82, 2.24) is 19.5 Å². The van der Waals surface area contributed by atoms with Crippen molar-refractivity contribution in [3.8, 4) is 50.6 Å². The van der Waals surface area contributed by atoms with Gasteiger partial charge >= 0.3 is 0 Å². The van der Waals surface area contributed by atoms with E-state index < -0.39 is 0 Å². The quantitative estimate of drug-likeness (QED) is 0.165. The standard InChI is InChI=1S/C55H34N4/c1-4-12-36(13-5-1)48-31-26-39-24-25-40-27-32-49(57-53(40)52(39)56-48)37-22-20-35(21-23-37)41-28-33-50-47(34-41)46-30-29-45-43-18-10-11-19-44(43)51(38-14-6-2-7-15-38)58-54(45)55(46)59(50)42-16-8-3-9-17-42/h1-34H. The van der Waals surface area contributed by atoms with Crippen molar-refractivity contribution in [2.45, 2.75) is 0 Å². The Labute approximate surface area is 340 Å². The molecule has 274 valence electrons. The van der Waals surface area contributed by atoms with E-state index in [1.807, 2.05) is 18.2 Å². The maximum absolute atomic E-state index is 5.53. The number of rotatable bonds is 5. The molecule has 4 heteroatoms. The average Bonchev–Trinajstić information content (AvgIpc) is 3.66. The molecule has 0 saturated carbocycles. The van der Waals surface area contributed by atoms with E-state index >= 15 is 0 Å². The van der Waals surface area contributed by atoms with Gasteiger partial charge < -0.3 is 4.57 Å². The van der Waals surface area contributed by atoms with Crippen LogP contribution in [0, 0.1) is 0 Å². The summed E-state index contributed by atoms with van der Waals surface area (Å²) in [6, 6.07) is 73.1. The molecule has 0 bridgehead atoms. The predicted octanol–water partition coefficient (Wildman–Crippen LogP) is 14.2. The summed E-state index contributed by atoms with van der Waals surface area (Å²) in [7, 11) is 0. The molecule has 0 amide bonds. The average molecular weight is 751 g/mol. The third-order valence-electron chi connectivity index (χ3n) is 11.8. The molecule has 0 aliphatic rings. The van der Waals surface area contributed by atoms with Crippen molar-refractivity contribution < 1.29 is 0 Å². The molecule has 0 unspecified atom stereocenters. The minimum atomic E-state index is 0.910. The van der Waals surface area contributed by atoms with Gasteiger partial charge in [-0.1, -0.05) is 170 Å². The molecular weight excluding hydrogens is 717 g/mol. The van der Waals surface area contributed by atoms with Gasteiger partial charge in [-0.15, -0.1) is 0 Å². The van der Waals surface area contributed by atoms with Crippen LogP contribution in [0.4, 0.5) is 0 Å². The highest BCUT2D eigenvalue weighted by atomic mass is 15.0. The maximum Gasteiger partial charge on any atom is 0.0972 e. The first kappa shape index (κ1) is 33.2. The van der Waals surface area contributed by atoms with E-state index in [0.29, 0.717) is 0 Å². The Balaban J connectivity index is 0.997. The van der Waals surface area contributed by atoms with E-state index in [9.17, 15) is 0 Å². The summed E-state index contributed by atoms with van der Waals surface area (Å²) >= 11 is 0. The molecule has 0 spiro atoms. The smallest absolute Gasteiger partial charge is 0.0972 e. The Hall–Kier alpha value is -7.95. The number of pyridine rings is 3. The monoisotopic (exact) mass is 750 g/mol. The maximum atomic E-state index is 5.53. The van der Waals surface area contributed by atoms with Crippen molar-refractivity contribution in [2.75, 3.05) is 0 Å². The van der Waals surface area contributed by atoms with E-state index in [1.165, 1.54) is 16.2 Å². The fourth-order valence-electron chi connectivity index (χ4n) is 8.89. The second-order valence-electron chi connectivity index (χ2n) is 15.2. The molecule has 8 aromatic carbocycles. The number of benzene rings is 8. The van der Waals surface area contributed by atoms with Gasteiger partial charge in [-0.2, -0.15) is 0 Å². The largest absolute Gasteiger partial charge is 0.307 e. The van der Waals surface area contributed by atoms with Crippen LogP contribution in [-0.2, 0) is 0 Å². The summed E-state index contributed by atoms with van der Waals surface area (Å²) in [5.41, 5.74) is 14.6. The van der Waals surface area contributed by atoms with Crippen LogP contribution in [0.5, 0.6) is 0 Å². The number of hydrogen-bond acceptors (Lipinski definition) is 3. The first-order chi connectivity index (χ1) is 29.2. The van der Waals surface area contributed by atoms with Crippen LogP contribution in [0.3, 0.4) is 0 Å². The van der Waals surface area contributed by atoms with Crippen molar-refractivity contribution in [1.29, 1.82) is 0 Å². The Morgan fingerprint density at radius 2 is 0.831 bits per heavy atom. The van der Waals surface area contributed by atoms with Crippen LogP contribution in [-0.4, -0.2) is 19.5 Å². The zero-order valence-electron chi connectivity index (χ0n) is 31.9. The molecule has 0 radical (unpaired) electrons. The summed E-state index contributed by atoms with van der Waals surface area (Å²) in [6.07, 6.45) is 0. The summed E-state index contributed by atoms with van der Waals surface area (Å²) in [6.45, 7) is 0. The van der Waals surface area contributed by atoms with Gasteiger partial charge in [-0.25, -0.2) is 15.0 Å². The molecule has 4 heterocycles. The fraction of sp³-hybridized carbons (Fsp3) is 0. The minimum Gasteiger partial charge on any atom is -0.307 e. The minimum absolute atomic E-state index is 0.910. The van der Waals surface area contributed by atoms with Gasteiger partial charge in [-0.05, 0) is 52.9 Å². The Bertz CT molecular complexity index is 3580. The molecule has 0 N–H and O–H groups in total. The Kier molecular flexibility index (Phi) is 7.50. The van der Waals surface area contributed by atoms with Gasteiger partial charge in [0.15, 0.2) is 0 Å². The number of hydrogen-bond donors (Lipinski definition) is 0. The second-order valence-corrected chi connectivity index (χ2v) is 15.2. The van der Waals surface area contributed by atoms with Crippen LogP contribution < -0.4 is 0 Å². The molecule has 0 aliphatic heterocycles. The lowest BCUT2D eigenvalue weighted by atomic mass is 9.98. The van der Waals surface area contributed by atoms with Crippen LogP contribution in [0.1, 0.15) is 0 Å². The normalized spacial score (nSPS) is 11.7. The SMILES string of the molecule is c1ccc(-c2ccc3ccc4ccc(-c5ccc(-c6ccc7c(c6)c6ccc8c9ccccc9c(-c9ccccc9)nc8c6n7-c6ccccc6)cc5)nc4c3n2)cc1. The fourth-order valence-corrected chi connectivity index (χ4v) is 8.89. The lowest BCUT2D eigenvalue weighted by molar-refractivity contribution is 1.18. The lowest BCUT2D eigenvalue weighted by Gasteiger charge is -2.13. The van der Waals surface area contributed by atoms with Crippen molar-refractivity contribution in [3.05, 3.63) is 206 Å². The highest BCUT2D eigenvalue weighted by Crippen LogP contribution is 2.41. The molecule has 4 aromatic heterocycles. The molecule has 12 rings (SSSR count). The molecule has 0 atom stereocenters. The molecule has 59 heavy (non-hydrogen) atoms. The molecule has 4 nitrogen and oxygen atoms in total. The van der Waals surface area contributed by atoms with Gasteiger partial charge in [-0.3, -0.25) is 0 Å². The Morgan fingerprint density at radius 3 is 1.51 bits per heavy atom. The third kappa shape index (κ3) is 5.42. The van der Waals surface area contributed by atoms with Gasteiger partial charge in [0, 0.05) is 54.7 Å².